The van der Waals surface area contributed by atoms with Crippen molar-refractivity contribution < 1.29 is 23.6 Å². The van der Waals surface area contributed by atoms with Crippen molar-refractivity contribution in [3.63, 3.8) is 0 Å². The van der Waals surface area contributed by atoms with Crippen LogP contribution in [-0.2, 0) is 4.79 Å². The van der Waals surface area contributed by atoms with E-state index in [4.69, 9.17) is 21.1 Å². The highest BCUT2D eigenvalue weighted by molar-refractivity contribution is 6.32. The lowest BCUT2D eigenvalue weighted by Crippen LogP contribution is -2.20. The van der Waals surface area contributed by atoms with Crippen molar-refractivity contribution in [1.82, 2.24) is 0 Å². The molecular weight excluding hydrogens is 343 g/mol. The number of nitrogens with zero attached hydrogens (tertiary/aromatic N) is 1. The maximum absolute atomic E-state index is 12.9. The first kappa shape index (κ1) is 17.5. The molecule has 0 saturated heterocycles. The van der Waals surface area contributed by atoms with Gasteiger partial charge >= 0.3 is 0 Å². The standard InChI is InChI=1S/C15H12ClFN2O5/c1-23-10-3-4-12(13(7-10)19(21)22)18-15(20)8-24-14-5-2-9(17)6-11(14)16/h2-7H,8H2,1H3,(H,18,20). The van der Waals surface area contributed by atoms with Gasteiger partial charge in [-0.15, -0.1) is 0 Å². The van der Waals surface area contributed by atoms with Gasteiger partial charge in [-0.1, -0.05) is 11.6 Å². The van der Waals surface area contributed by atoms with Crippen LogP contribution in [0.15, 0.2) is 36.4 Å². The fraction of sp³-hybridized carbons (Fsp3) is 0.133. The van der Waals surface area contributed by atoms with Gasteiger partial charge in [-0.2, -0.15) is 0 Å². The lowest BCUT2D eigenvalue weighted by Gasteiger charge is -2.09. The SMILES string of the molecule is COc1ccc(NC(=O)COc2ccc(F)cc2Cl)c([N+](=O)[O-])c1. The Morgan fingerprint density at radius 2 is 2.08 bits per heavy atom. The molecule has 0 aliphatic rings. The van der Waals surface area contributed by atoms with Crippen molar-refractivity contribution in [2.24, 2.45) is 0 Å². The summed E-state index contributed by atoms with van der Waals surface area (Å²) in [5, 5.41) is 13.4. The molecule has 9 heteroatoms. The summed E-state index contributed by atoms with van der Waals surface area (Å²) in [5.74, 6) is -0.763. The first-order valence-electron chi connectivity index (χ1n) is 6.61. The summed E-state index contributed by atoms with van der Waals surface area (Å²) < 4.78 is 23.0. The molecule has 0 aliphatic heterocycles. The van der Waals surface area contributed by atoms with Gasteiger partial charge in [0.2, 0.25) is 0 Å². The number of halogens is 2. The topological polar surface area (TPSA) is 90.7 Å². The Kier molecular flexibility index (Phi) is 5.54. The monoisotopic (exact) mass is 354 g/mol. The zero-order valence-electron chi connectivity index (χ0n) is 12.4. The molecule has 0 radical (unpaired) electrons. The highest BCUT2D eigenvalue weighted by atomic mass is 35.5. The van der Waals surface area contributed by atoms with Gasteiger partial charge in [0, 0.05) is 0 Å². The summed E-state index contributed by atoms with van der Waals surface area (Å²) in [4.78, 5) is 22.3. The third-order valence-corrected chi connectivity index (χ3v) is 3.22. The molecule has 126 valence electrons. The van der Waals surface area contributed by atoms with Gasteiger partial charge in [0.1, 0.15) is 23.0 Å². The van der Waals surface area contributed by atoms with E-state index < -0.39 is 23.3 Å². The lowest BCUT2D eigenvalue weighted by molar-refractivity contribution is -0.384. The van der Waals surface area contributed by atoms with Crippen LogP contribution in [0.25, 0.3) is 0 Å². The molecule has 2 rings (SSSR count). The van der Waals surface area contributed by atoms with Gasteiger partial charge in [0.15, 0.2) is 6.61 Å². The molecule has 0 spiro atoms. The zero-order valence-corrected chi connectivity index (χ0v) is 13.2. The summed E-state index contributed by atoms with van der Waals surface area (Å²) in [5.41, 5.74) is -0.317. The average Bonchev–Trinajstić information content (AvgIpc) is 2.54. The number of benzene rings is 2. The van der Waals surface area contributed by atoms with E-state index in [1.165, 1.54) is 31.4 Å². The van der Waals surface area contributed by atoms with Crippen LogP contribution in [0.3, 0.4) is 0 Å². The van der Waals surface area contributed by atoms with Crippen molar-refractivity contribution in [1.29, 1.82) is 0 Å². The van der Waals surface area contributed by atoms with Gasteiger partial charge in [-0.3, -0.25) is 14.9 Å². The van der Waals surface area contributed by atoms with E-state index in [2.05, 4.69) is 5.32 Å². The Morgan fingerprint density at radius 1 is 1.33 bits per heavy atom. The Balaban J connectivity index is 2.05. The van der Waals surface area contributed by atoms with Crippen LogP contribution in [0.4, 0.5) is 15.8 Å². The summed E-state index contributed by atoms with van der Waals surface area (Å²) in [7, 11) is 1.37. The van der Waals surface area contributed by atoms with Crippen LogP contribution < -0.4 is 14.8 Å². The number of anilines is 1. The van der Waals surface area contributed by atoms with Crippen molar-refractivity contribution in [2.75, 3.05) is 19.0 Å². The fourth-order valence-corrected chi connectivity index (χ4v) is 2.04. The van der Waals surface area contributed by atoms with Crippen LogP contribution in [0.5, 0.6) is 11.5 Å². The number of methoxy groups -OCH3 is 1. The van der Waals surface area contributed by atoms with Crippen LogP contribution in [0.2, 0.25) is 5.02 Å². The number of nitrogens with one attached hydrogen (secondary N) is 1. The van der Waals surface area contributed by atoms with Crippen molar-refractivity contribution in [3.05, 3.63) is 57.4 Å². The number of carbonyl (C=O) groups is 1. The number of rotatable bonds is 6. The molecule has 2 aromatic carbocycles. The van der Waals surface area contributed by atoms with Gasteiger partial charge in [0.05, 0.1) is 23.1 Å². The van der Waals surface area contributed by atoms with Crippen LogP contribution in [-0.4, -0.2) is 24.5 Å². The summed E-state index contributed by atoms with van der Waals surface area (Å²) >= 11 is 5.77. The minimum Gasteiger partial charge on any atom is -0.496 e. The Hall–Kier alpha value is -2.87. The molecular formula is C15H12ClFN2O5. The zero-order chi connectivity index (χ0) is 17.7. The number of nitro groups is 1. The highest BCUT2D eigenvalue weighted by Crippen LogP contribution is 2.29. The second-order valence-electron chi connectivity index (χ2n) is 4.55. The Morgan fingerprint density at radius 3 is 2.71 bits per heavy atom. The number of hydrogen-bond acceptors (Lipinski definition) is 5. The van der Waals surface area contributed by atoms with E-state index in [1.807, 2.05) is 0 Å². The Bertz CT molecular complexity index is 784. The second-order valence-corrected chi connectivity index (χ2v) is 4.96. The second kappa shape index (κ2) is 7.60. The molecule has 24 heavy (non-hydrogen) atoms. The van der Waals surface area contributed by atoms with Gasteiger partial charge in [0.25, 0.3) is 11.6 Å². The van der Waals surface area contributed by atoms with Crippen LogP contribution in [0, 0.1) is 15.9 Å². The predicted molar refractivity (Wildman–Crippen MR) is 85.2 cm³/mol. The lowest BCUT2D eigenvalue weighted by atomic mass is 10.2. The number of ether oxygens (including phenoxy) is 2. The number of nitro benzene ring substituents is 1. The summed E-state index contributed by atoms with van der Waals surface area (Å²) in [6.07, 6.45) is 0. The highest BCUT2D eigenvalue weighted by Gasteiger charge is 2.17. The smallest absolute Gasteiger partial charge is 0.296 e. The quantitative estimate of drug-likeness (QED) is 0.634. The van der Waals surface area contributed by atoms with Gasteiger partial charge < -0.3 is 14.8 Å². The van der Waals surface area contributed by atoms with Crippen LogP contribution >= 0.6 is 11.6 Å². The first-order valence-corrected chi connectivity index (χ1v) is 6.98. The largest absolute Gasteiger partial charge is 0.496 e. The first-order chi connectivity index (χ1) is 11.4. The van der Waals surface area contributed by atoms with Gasteiger partial charge in [-0.05, 0) is 30.3 Å². The molecule has 0 aromatic heterocycles. The minimum atomic E-state index is -0.643. The molecule has 2 aromatic rings. The maximum Gasteiger partial charge on any atom is 0.296 e. The molecule has 0 fully saturated rings. The minimum absolute atomic E-state index is 0.000368. The third-order valence-electron chi connectivity index (χ3n) is 2.93. The van der Waals surface area contributed by atoms with E-state index in [9.17, 15) is 19.3 Å². The van der Waals surface area contributed by atoms with E-state index in [1.54, 1.807) is 0 Å². The van der Waals surface area contributed by atoms with E-state index >= 15 is 0 Å². The molecule has 0 saturated carbocycles. The third kappa shape index (κ3) is 4.32. The van der Waals surface area contributed by atoms with Gasteiger partial charge in [-0.25, -0.2) is 4.39 Å². The molecule has 0 atom stereocenters. The summed E-state index contributed by atoms with van der Waals surface area (Å²) in [6, 6.07) is 7.46. The maximum atomic E-state index is 12.9. The average molecular weight is 355 g/mol. The number of carbonyl (C=O) groups excluding carboxylic acids is 1. The molecule has 0 unspecified atom stereocenters. The Labute approximate surface area is 141 Å². The van der Waals surface area contributed by atoms with E-state index in [-0.39, 0.29) is 27.9 Å². The predicted octanol–water partition coefficient (Wildman–Crippen LogP) is 3.41. The molecule has 1 N–H and O–H groups in total. The fourth-order valence-electron chi connectivity index (χ4n) is 1.82. The molecule has 0 bridgehead atoms. The van der Waals surface area contributed by atoms with Crippen molar-refractivity contribution in [2.45, 2.75) is 0 Å². The summed E-state index contributed by atoms with van der Waals surface area (Å²) in [6.45, 7) is -0.450. The molecule has 1 amide bonds. The number of hydrogen-bond donors (Lipinski definition) is 1. The van der Waals surface area contributed by atoms with E-state index in [0.717, 1.165) is 12.1 Å². The van der Waals surface area contributed by atoms with Crippen LogP contribution in [0.1, 0.15) is 0 Å². The molecule has 7 nitrogen and oxygen atoms in total. The van der Waals surface area contributed by atoms with E-state index in [0.29, 0.717) is 0 Å². The number of amides is 1. The van der Waals surface area contributed by atoms with Crippen molar-refractivity contribution >= 4 is 28.9 Å². The van der Waals surface area contributed by atoms with Crippen molar-refractivity contribution in [3.8, 4) is 11.5 Å². The molecule has 0 aliphatic carbocycles. The molecule has 0 heterocycles. The normalized spacial score (nSPS) is 10.1.